The molecule has 0 heterocycles. The van der Waals surface area contributed by atoms with Crippen LogP contribution in [0.25, 0.3) is 0 Å². The first-order valence-corrected chi connectivity index (χ1v) is 6.24. The van der Waals surface area contributed by atoms with Gasteiger partial charge in [0.25, 0.3) is 0 Å². The van der Waals surface area contributed by atoms with Crippen LogP contribution in [0, 0.1) is 5.82 Å². The molecule has 0 aliphatic rings. The predicted octanol–water partition coefficient (Wildman–Crippen LogP) is 4.32. The van der Waals surface area contributed by atoms with Gasteiger partial charge in [-0.1, -0.05) is 33.8 Å². The minimum absolute atomic E-state index is 0.272. The molecule has 2 rings (SSSR count). The summed E-state index contributed by atoms with van der Waals surface area (Å²) >= 11 is 4.84. The van der Waals surface area contributed by atoms with E-state index in [0.29, 0.717) is 5.69 Å². The summed E-state index contributed by atoms with van der Waals surface area (Å²) in [6, 6.07) is 12.2. The van der Waals surface area contributed by atoms with E-state index in [4.69, 9.17) is 5.73 Å². The lowest BCUT2D eigenvalue weighted by Crippen LogP contribution is -1.89. The van der Waals surface area contributed by atoms with E-state index in [-0.39, 0.29) is 5.82 Å². The van der Waals surface area contributed by atoms with Crippen molar-refractivity contribution in [3.8, 4) is 0 Å². The highest BCUT2D eigenvalue weighted by atomic mass is 79.9. The van der Waals surface area contributed by atoms with Crippen molar-refractivity contribution in [1.82, 2.24) is 0 Å². The maximum atomic E-state index is 13.1. The van der Waals surface area contributed by atoms with Crippen LogP contribution >= 0.6 is 27.7 Å². The number of rotatable bonds is 2. The first-order chi connectivity index (χ1) is 7.65. The van der Waals surface area contributed by atoms with Crippen LogP contribution in [0.2, 0.25) is 0 Å². The molecule has 0 saturated carbocycles. The summed E-state index contributed by atoms with van der Waals surface area (Å²) in [5.74, 6) is -0.272. The normalized spacial score (nSPS) is 10.4. The summed E-state index contributed by atoms with van der Waals surface area (Å²) in [7, 11) is 0. The van der Waals surface area contributed by atoms with Crippen LogP contribution < -0.4 is 5.73 Å². The molecule has 0 aromatic heterocycles. The van der Waals surface area contributed by atoms with Crippen molar-refractivity contribution in [3.63, 3.8) is 0 Å². The molecular weight excluding hydrogens is 289 g/mol. The van der Waals surface area contributed by atoms with E-state index in [1.165, 1.54) is 23.9 Å². The van der Waals surface area contributed by atoms with Crippen molar-refractivity contribution in [3.05, 3.63) is 52.8 Å². The fraction of sp³-hybridized carbons (Fsp3) is 0. The Morgan fingerprint density at radius 3 is 2.69 bits per heavy atom. The van der Waals surface area contributed by atoms with Crippen LogP contribution in [0.3, 0.4) is 0 Å². The highest BCUT2D eigenvalue weighted by Crippen LogP contribution is 2.33. The lowest BCUT2D eigenvalue weighted by Gasteiger charge is -2.05. The quantitative estimate of drug-likeness (QED) is 0.836. The van der Waals surface area contributed by atoms with Gasteiger partial charge in [0.1, 0.15) is 5.82 Å². The summed E-state index contributed by atoms with van der Waals surface area (Å²) in [5, 5.41) is 0. The van der Waals surface area contributed by atoms with Gasteiger partial charge in [0.15, 0.2) is 0 Å². The molecule has 0 saturated heterocycles. The number of hydrogen-bond acceptors (Lipinski definition) is 2. The molecule has 2 aromatic rings. The summed E-state index contributed by atoms with van der Waals surface area (Å²) in [5.41, 5.74) is 6.37. The number of nitrogens with two attached hydrogens (primary N) is 1. The van der Waals surface area contributed by atoms with Gasteiger partial charge in [-0.05, 0) is 36.4 Å². The molecule has 0 aliphatic carbocycles. The van der Waals surface area contributed by atoms with Gasteiger partial charge in [0.05, 0.1) is 0 Å². The zero-order chi connectivity index (χ0) is 11.5. The van der Waals surface area contributed by atoms with E-state index >= 15 is 0 Å². The standard InChI is InChI=1S/C12H9BrFNS/c13-8-2-1-3-10(6-8)16-12-7-9(14)4-5-11(12)15/h1-7H,15H2. The third-order valence-electron chi connectivity index (χ3n) is 2.00. The molecule has 0 radical (unpaired) electrons. The Morgan fingerprint density at radius 2 is 1.94 bits per heavy atom. The Morgan fingerprint density at radius 1 is 1.12 bits per heavy atom. The Labute approximate surface area is 106 Å². The Hall–Kier alpha value is -1.00. The zero-order valence-corrected chi connectivity index (χ0v) is 10.7. The number of benzene rings is 2. The van der Waals surface area contributed by atoms with Crippen molar-refractivity contribution >= 4 is 33.4 Å². The van der Waals surface area contributed by atoms with E-state index in [0.717, 1.165) is 14.3 Å². The highest BCUT2D eigenvalue weighted by molar-refractivity contribution is 9.10. The molecule has 0 fully saturated rings. The third kappa shape index (κ3) is 2.77. The predicted molar refractivity (Wildman–Crippen MR) is 69.1 cm³/mol. The lowest BCUT2D eigenvalue weighted by atomic mass is 10.3. The monoisotopic (exact) mass is 297 g/mol. The molecule has 4 heteroatoms. The molecule has 0 unspecified atom stereocenters. The second-order valence-corrected chi connectivity index (χ2v) is 5.27. The first-order valence-electron chi connectivity index (χ1n) is 4.63. The summed E-state index contributed by atoms with van der Waals surface area (Å²) in [4.78, 5) is 1.75. The van der Waals surface area contributed by atoms with Gasteiger partial charge >= 0.3 is 0 Å². The largest absolute Gasteiger partial charge is 0.398 e. The van der Waals surface area contributed by atoms with Gasteiger partial charge in [0.2, 0.25) is 0 Å². The fourth-order valence-corrected chi connectivity index (χ4v) is 2.75. The second-order valence-electron chi connectivity index (χ2n) is 3.24. The van der Waals surface area contributed by atoms with E-state index in [1.54, 1.807) is 6.07 Å². The van der Waals surface area contributed by atoms with E-state index in [2.05, 4.69) is 15.9 Å². The molecule has 2 aromatic carbocycles. The highest BCUT2D eigenvalue weighted by Gasteiger charge is 2.03. The second kappa shape index (κ2) is 4.89. The molecule has 0 amide bonds. The van der Waals surface area contributed by atoms with Crippen LogP contribution in [0.1, 0.15) is 0 Å². The minimum Gasteiger partial charge on any atom is -0.398 e. The maximum Gasteiger partial charge on any atom is 0.124 e. The molecular formula is C12H9BrFNS. The SMILES string of the molecule is Nc1ccc(F)cc1Sc1cccc(Br)c1. The van der Waals surface area contributed by atoms with Gasteiger partial charge in [-0.2, -0.15) is 0 Å². The van der Waals surface area contributed by atoms with Crippen LogP contribution in [0.5, 0.6) is 0 Å². The molecule has 0 atom stereocenters. The number of nitrogen functional groups attached to an aromatic ring is 1. The van der Waals surface area contributed by atoms with Crippen molar-refractivity contribution in [2.24, 2.45) is 0 Å². The van der Waals surface area contributed by atoms with Crippen molar-refractivity contribution in [2.75, 3.05) is 5.73 Å². The number of anilines is 1. The van der Waals surface area contributed by atoms with Crippen LogP contribution in [0.4, 0.5) is 10.1 Å². The average molecular weight is 298 g/mol. The molecule has 0 bridgehead atoms. The Kier molecular flexibility index (Phi) is 3.51. The third-order valence-corrected chi connectivity index (χ3v) is 3.56. The smallest absolute Gasteiger partial charge is 0.124 e. The molecule has 16 heavy (non-hydrogen) atoms. The van der Waals surface area contributed by atoms with Gasteiger partial charge in [0, 0.05) is 20.0 Å². The molecule has 0 spiro atoms. The van der Waals surface area contributed by atoms with E-state index in [1.807, 2.05) is 24.3 Å². The Bertz CT molecular complexity index is 516. The minimum atomic E-state index is -0.272. The van der Waals surface area contributed by atoms with Crippen molar-refractivity contribution in [2.45, 2.75) is 9.79 Å². The Balaban J connectivity index is 2.30. The topological polar surface area (TPSA) is 26.0 Å². The average Bonchev–Trinajstić information content (AvgIpc) is 2.24. The van der Waals surface area contributed by atoms with Gasteiger partial charge < -0.3 is 5.73 Å². The first kappa shape index (κ1) is 11.5. The fourth-order valence-electron chi connectivity index (χ4n) is 1.25. The van der Waals surface area contributed by atoms with Crippen LogP contribution in [-0.2, 0) is 0 Å². The maximum absolute atomic E-state index is 13.1. The zero-order valence-electron chi connectivity index (χ0n) is 8.28. The van der Waals surface area contributed by atoms with E-state index < -0.39 is 0 Å². The van der Waals surface area contributed by atoms with Gasteiger partial charge in [-0.3, -0.25) is 0 Å². The lowest BCUT2D eigenvalue weighted by molar-refractivity contribution is 0.624. The number of halogens is 2. The van der Waals surface area contributed by atoms with Crippen molar-refractivity contribution < 1.29 is 4.39 Å². The van der Waals surface area contributed by atoms with Crippen LogP contribution in [-0.4, -0.2) is 0 Å². The summed E-state index contributed by atoms with van der Waals surface area (Å²) in [6.45, 7) is 0. The van der Waals surface area contributed by atoms with E-state index in [9.17, 15) is 4.39 Å². The molecule has 82 valence electrons. The molecule has 0 aliphatic heterocycles. The van der Waals surface area contributed by atoms with Crippen molar-refractivity contribution in [1.29, 1.82) is 0 Å². The van der Waals surface area contributed by atoms with Gasteiger partial charge in [-0.25, -0.2) is 4.39 Å². The van der Waals surface area contributed by atoms with Gasteiger partial charge in [-0.15, -0.1) is 0 Å². The summed E-state index contributed by atoms with van der Waals surface area (Å²) < 4.78 is 14.0. The number of hydrogen-bond donors (Lipinski definition) is 1. The van der Waals surface area contributed by atoms with Crippen LogP contribution in [0.15, 0.2) is 56.7 Å². The summed E-state index contributed by atoms with van der Waals surface area (Å²) in [6.07, 6.45) is 0. The molecule has 2 N–H and O–H groups in total. The molecule has 1 nitrogen and oxygen atoms in total.